The second-order valence-corrected chi connectivity index (χ2v) is 8.80. The molecule has 1 saturated heterocycles. The molecule has 0 spiro atoms. The molecule has 35 heavy (non-hydrogen) atoms. The van der Waals surface area contributed by atoms with Crippen molar-refractivity contribution in [3.05, 3.63) is 83.2 Å². The van der Waals surface area contributed by atoms with Crippen LogP contribution in [-0.4, -0.2) is 64.1 Å². The average molecular weight is 468 g/mol. The molecule has 1 fully saturated rings. The number of para-hydroxylation sites is 1. The molecule has 0 bridgehead atoms. The minimum Gasteiger partial charge on any atom is -0.368 e. The Balaban J connectivity index is 1.31. The first kappa shape index (κ1) is 22.7. The highest BCUT2D eigenvalue weighted by Crippen LogP contribution is 2.25. The molecular formula is C28H29N5O2. The van der Waals surface area contributed by atoms with E-state index in [0.717, 1.165) is 29.9 Å². The average Bonchev–Trinajstić information content (AvgIpc) is 3.30. The van der Waals surface area contributed by atoms with Gasteiger partial charge in [-0.05, 0) is 31.2 Å². The number of piperazine rings is 1. The molecule has 2 aliphatic rings. The van der Waals surface area contributed by atoms with Gasteiger partial charge >= 0.3 is 0 Å². The van der Waals surface area contributed by atoms with Gasteiger partial charge < -0.3 is 14.7 Å². The van der Waals surface area contributed by atoms with E-state index in [1.165, 1.54) is 5.69 Å². The molecule has 0 saturated carbocycles. The summed E-state index contributed by atoms with van der Waals surface area (Å²) in [7, 11) is 0. The largest absolute Gasteiger partial charge is 0.368 e. The van der Waals surface area contributed by atoms with Crippen molar-refractivity contribution in [2.75, 3.05) is 37.6 Å². The summed E-state index contributed by atoms with van der Waals surface area (Å²) >= 11 is 0. The highest BCUT2D eigenvalue weighted by molar-refractivity contribution is 5.96. The molecular weight excluding hydrogens is 438 g/mol. The monoisotopic (exact) mass is 467 g/mol. The standard InChI is InChI=1S/C28H29N5O2/c1-2-33-25-15-16-32(26(34)14-13-22-9-5-3-6-10-22)21-24(25)27(29-33)28(35)31-19-17-30(18-20-31)23-11-7-4-8-12-23/h3-12H,2,15-21H2,1H3. The molecule has 1 aromatic heterocycles. The van der Waals surface area contributed by atoms with Crippen LogP contribution in [0.5, 0.6) is 0 Å². The fourth-order valence-corrected chi connectivity index (χ4v) is 4.78. The van der Waals surface area contributed by atoms with Crippen LogP contribution in [-0.2, 0) is 24.3 Å². The van der Waals surface area contributed by atoms with Crippen LogP contribution in [0.15, 0.2) is 60.7 Å². The Hall–Kier alpha value is -4.05. The van der Waals surface area contributed by atoms with Crippen molar-refractivity contribution in [2.24, 2.45) is 0 Å². The van der Waals surface area contributed by atoms with E-state index in [9.17, 15) is 9.59 Å². The number of hydrogen-bond donors (Lipinski definition) is 0. The van der Waals surface area contributed by atoms with Crippen molar-refractivity contribution >= 4 is 17.5 Å². The zero-order chi connectivity index (χ0) is 24.2. The van der Waals surface area contributed by atoms with Gasteiger partial charge in [0.25, 0.3) is 11.8 Å². The van der Waals surface area contributed by atoms with Crippen molar-refractivity contribution in [3.8, 4) is 11.8 Å². The van der Waals surface area contributed by atoms with Gasteiger partial charge in [-0.3, -0.25) is 14.3 Å². The Morgan fingerprint density at radius 2 is 1.57 bits per heavy atom. The first-order chi connectivity index (χ1) is 17.1. The molecule has 0 atom stereocenters. The van der Waals surface area contributed by atoms with E-state index < -0.39 is 0 Å². The van der Waals surface area contributed by atoms with Gasteiger partial charge in [-0.1, -0.05) is 42.3 Å². The number of aryl methyl sites for hydroxylation is 1. The number of amides is 2. The van der Waals surface area contributed by atoms with E-state index in [-0.39, 0.29) is 11.8 Å². The molecule has 2 aliphatic heterocycles. The minimum absolute atomic E-state index is 0.0502. The normalized spacial score (nSPS) is 15.3. The van der Waals surface area contributed by atoms with Gasteiger partial charge in [0.1, 0.15) is 0 Å². The van der Waals surface area contributed by atoms with E-state index in [2.05, 4.69) is 34.0 Å². The van der Waals surface area contributed by atoms with Gasteiger partial charge in [-0.25, -0.2) is 0 Å². The van der Waals surface area contributed by atoms with Gasteiger partial charge in [0.2, 0.25) is 0 Å². The molecule has 2 aromatic carbocycles. The summed E-state index contributed by atoms with van der Waals surface area (Å²) in [5.74, 6) is 5.43. The number of anilines is 1. The third kappa shape index (κ3) is 4.78. The lowest BCUT2D eigenvalue weighted by atomic mass is 10.0. The molecule has 5 rings (SSSR count). The van der Waals surface area contributed by atoms with E-state index >= 15 is 0 Å². The lowest BCUT2D eigenvalue weighted by molar-refractivity contribution is -0.126. The zero-order valence-corrected chi connectivity index (χ0v) is 20.0. The van der Waals surface area contributed by atoms with Crippen LogP contribution < -0.4 is 4.90 Å². The van der Waals surface area contributed by atoms with Crippen LogP contribution in [0.1, 0.15) is 34.2 Å². The topological polar surface area (TPSA) is 61.7 Å². The van der Waals surface area contributed by atoms with E-state index in [1.807, 2.05) is 65.0 Å². The second kappa shape index (κ2) is 10.1. The first-order valence-corrected chi connectivity index (χ1v) is 12.2. The van der Waals surface area contributed by atoms with Crippen LogP contribution in [0.4, 0.5) is 5.69 Å². The first-order valence-electron chi connectivity index (χ1n) is 12.2. The van der Waals surface area contributed by atoms with E-state index in [1.54, 1.807) is 4.90 Å². The molecule has 0 aliphatic carbocycles. The van der Waals surface area contributed by atoms with Crippen LogP contribution in [0.2, 0.25) is 0 Å². The summed E-state index contributed by atoms with van der Waals surface area (Å²) in [6.07, 6.45) is 0.671. The van der Waals surface area contributed by atoms with Gasteiger partial charge in [0.05, 0.1) is 6.54 Å². The molecule has 3 heterocycles. The molecule has 0 unspecified atom stereocenters. The number of nitrogens with zero attached hydrogens (tertiary/aromatic N) is 5. The molecule has 3 aromatic rings. The summed E-state index contributed by atoms with van der Waals surface area (Å²) in [4.78, 5) is 32.3. The zero-order valence-electron chi connectivity index (χ0n) is 20.0. The van der Waals surface area contributed by atoms with Crippen molar-refractivity contribution in [1.82, 2.24) is 19.6 Å². The molecule has 0 radical (unpaired) electrons. The molecule has 178 valence electrons. The Morgan fingerprint density at radius 3 is 2.26 bits per heavy atom. The van der Waals surface area contributed by atoms with E-state index in [0.29, 0.717) is 44.8 Å². The maximum absolute atomic E-state index is 13.5. The number of hydrogen-bond acceptors (Lipinski definition) is 4. The number of rotatable bonds is 3. The van der Waals surface area contributed by atoms with Crippen molar-refractivity contribution in [1.29, 1.82) is 0 Å². The maximum atomic E-state index is 13.5. The Bertz CT molecular complexity index is 1270. The molecule has 0 N–H and O–H groups in total. The fraction of sp³-hybridized carbons (Fsp3) is 0.321. The lowest BCUT2D eigenvalue weighted by Crippen LogP contribution is -2.49. The van der Waals surface area contributed by atoms with Crippen molar-refractivity contribution < 1.29 is 9.59 Å². The fourth-order valence-electron chi connectivity index (χ4n) is 4.78. The summed E-state index contributed by atoms with van der Waals surface area (Å²) in [6, 6.07) is 19.8. The quantitative estimate of drug-likeness (QED) is 0.556. The number of aromatic nitrogens is 2. The predicted octanol–water partition coefficient (Wildman–Crippen LogP) is 2.80. The van der Waals surface area contributed by atoms with Gasteiger partial charge in [0, 0.05) is 74.1 Å². The summed E-state index contributed by atoms with van der Waals surface area (Å²) in [6.45, 7) is 6.52. The minimum atomic E-state index is -0.223. The Kier molecular flexibility index (Phi) is 6.53. The maximum Gasteiger partial charge on any atom is 0.299 e. The third-order valence-electron chi connectivity index (χ3n) is 6.70. The highest BCUT2D eigenvalue weighted by Gasteiger charge is 2.32. The van der Waals surface area contributed by atoms with Crippen molar-refractivity contribution in [3.63, 3.8) is 0 Å². The number of carbonyl (C=O) groups excluding carboxylic acids is 2. The Morgan fingerprint density at radius 1 is 0.886 bits per heavy atom. The van der Waals surface area contributed by atoms with Crippen LogP contribution in [0.25, 0.3) is 0 Å². The molecule has 2 amide bonds. The van der Waals surface area contributed by atoms with Crippen LogP contribution >= 0.6 is 0 Å². The predicted molar refractivity (Wildman–Crippen MR) is 135 cm³/mol. The van der Waals surface area contributed by atoms with Crippen LogP contribution in [0, 0.1) is 11.8 Å². The van der Waals surface area contributed by atoms with Crippen molar-refractivity contribution in [2.45, 2.75) is 26.4 Å². The van der Waals surface area contributed by atoms with Gasteiger partial charge in [0.15, 0.2) is 5.69 Å². The SMILES string of the molecule is CCn1nc(C(=O)N2CCN(c3ccccc3)CC2)c2c1CCN(C(=O)C#Cc1ccccc1)C2. The number of carbonyl (C=O) groups is 2. The van der Waals surface area contributed by atoms with Gasteiger partial charge in [-0.15, -0.1) is 0 Å². The highest BCUT2D eigenvalue weighted by atomic mass is 16.2. The molecule has 7 heteroatoms. The summed E-state index contributed by atoms with van der Waals surface area (Å²) in [5, 5.41) is 4.69. The van der Waals surface area contributed by atoms with Crippen LogP contribution in [0.3, 0.4) is 0 Å². The summed E-state index contributed by atoms with van der Waals surface area (Å²) < 4.78 is 1.92. The second-order valence-electron chi connectivity index (χ2n) is 8.80. The van der Waals surface area contributed by atoms with Gasteiger partial charge in [-0.2, -0.15) is 5.10 Å². The number of fused-ring (bicyclic) bond motifs is 1. The Labute approximate surface area is 205 Å². The summed E-state index contributed by atoms with van der Waals surface area (Å²) in [5.41, 5.74) is 4.38. The smallest absolute Gasteiger partial charge is 0.299 e. The van der Waals surface area contributed by atoms with E-state index in [4.69, 9.17) is 0 Å². The molecule has 7 nitrogen and oxygen atoms in total. The third-order valence-corrected chi connectivity index (χ3v) is 6.70. The number of benzene rings is 2. The lowest BCUT2D eigenvalue weighted by Gasteiger charge is -2.36.